The Bertz CT molecular complexity index is 1990. The summed E-state index contributed by atoms with van der Waals surface area (Å²) in [6.45, 7) is 16.3. The van der Waals surface area contributed by atoms with Crippen molar-refractivity contribution in [3.05, 3.63) is 89.1 Å². The topological polar surface area (TPSA) is 127 Å². The van der Waals surface area contributed by atoms with Crippen LogP contribution in [-0.4, -0.2) is 72.1 Å². The van der Waals surface area contributed by atoms with Crippen molar-refractivity contribution < 1.29 is 22.7 Å². The molecule has 0 spiro atoms. The minimum absolute atomic E-state index is 0.0741. The highest BCUT2D eigenvalue weighted by Gasteiger charge is 2.33. The summed E-state index contributed by atoms with van der Waals surface area (Å²) in [4.78, 5) is 32.8. The molecule has 1 fully saturated rings. The van der Waals surface area contributed by atoms with Crippen molar-refractivity contribution in [1.29, 1.82) is 0 Å². The van der Waals surface area contributed by atoms with Crippen LogP contribution < -0.4 is 14.4 Å². The van der Waals surface area contributed by atoms with Gasteiger partial charge in [0.2, 0.25) is 11.8 Å². The molecule has 1 unspecified atom stereocenters. The van der Waals surface area contributed by atoms with E-state index in [1.807, 2.05) is 50.2 Å². The first-order chi connectivity index (χ1) is 24.2. The third kappa shape index (κ3) is 8.34. The van der Waals surface area contributed by atoms with E-state index < -0.39 is 16.1 Å². The van der Waals surface area contributed by atoms with Gasteiger partial charge in [-0.3, -0.25) is 4.79 Å². The second-order valence-electron chi connectivity index (χ2n) is 15.0. The molecule has 2 aromatic heterocycles. The molecular weight excluding hydrogens is 665 g/mol. The molecule has 1 saturated heterocycles. The zero-order valence-electron chi connectivity index (χ0n) is 30.5. The molecule has 6 rings (SSSR count). The van der Waals surface area contributed by atoms with Gasteiger partial charge < -0.3 is 19.3 Å². The van der Waals surface area contributed by atoms with Crippen LogP contribution in [0.2, 0.25) is 0 Å². The van der Waals surface area contributed by atoms with Crippen LogP contribution in [0, 0.1) is 19.3 Å². The van der Waals surface area contributed by atoms with Crippen molar-refractivity contribution in [2.24, 2.45) is 5.41 Å². The van der Waals surface area contributed by atoms with Crippen LogP contribution in [0.25, 0.3) is 11.3 Å². The van der Waals surface area contributed by atoms with Crippen LogP contribution >= 0.6 is 0 Å². The van der Waals surface area contributed by atoms with E-state index in [2.05, 4.69) is 54.2 Å². The minimum atomic E-state index is -4.18. The number of nitrogens with zero attached hydrogens (tertiary/aromatic N) is 5. The van der Waals surface area contributed by atoms with Gasteiger partial charge in [0, 0.05) is 29.8 Å². The molecule has 1 N–H and O–H groups in total. The number of hydrogen-bond acceptors (Lipinski definition) is 9. The summed E-state index contributed by atoms with van der Waals surface area (Å²) in [7, 11) is -4.18. The normalized spacial score (nSPS) is 19.1. The number of rotatable bonds is 7. The lowest BCUT2D eigenvalue weighted by molar-refractivity contribution is 0.0509. The molecule has 2 atom stereocenters. The van der Waals surface area contributed by atoms with Crippen molar-refractivity contribution in [2.75, 3.05) is 29.4 Å². The Balaban J connectivity index is 1.46. The van der Waals surface area contributed by atoms with Gasteiger partial charge in [-0.05, 0) is 87.4 Å². The highest BCUT2D eigenvalue weighted by atomic mass is 32.2. The zero-order chi connectivity index (χ0) is 36.5. The number of ether oxygens (including phenoxy) is 2. The van der Waals surface area contributed by atoms with E-state index >= 15 is 0 Å². The molecule has 0 radical (unpaired) electrons. The Kier molecular flexibility index (Phi) is 10.4. The van der Waals surface area contributed by atoms with Crippen molar-refractivity contribution in [2.45, 2.75) is 90.9 Å². The lowest BCUT2D eigenvalue weighted by atomic mass is 9.87. The van der Waals surface area contributed by atoms with Crippen LogP contribution in [0.15, 0.2) is 71.6 Å². The SMILES string of the molecule is Cc1cccc(C)c1-c1cc2nc(n1)NS(=O)(=O)c1cccc(c1)C(=O)N(Cc1cccc(N(C(C)C)C3CCOC3)n1)[C@H](CC(C)(C)C)CO2. The van der Waals surface area contributed by atoms with Crippen molar-refractivity contribution in [3.8, 4) is 17.1 Å². The highest BCUT2D eigenvalue weighted by Crippen LogP contribution is 2.32. The average Bonchev–Trinajstić information content (AvgIpc) is 3.59. The van der Waals surface area contributed by atoms with Crippen molar-refractivity contribution in [1.82, 2.24) is 19.9 Å². The number of aryl methyl sites for hydroxylation is 2. The van der Waals surface area contributed by atoms with Gasteiger partial charge in [-0.25, -0.2) is 23.1 Å². The third-order valence-electron chi connectivity index (χ3n) is 9.27. The van der Waals surface area contributed by atoms with E-state index in [0.29, 0.717) is 31.0 Å². The Hall–Kier alpha value is -4.55. The molecule has 0 aliphatic carbocycles. The Labute approximate surface area is 301 Å². The molecular formula is C39H48N6O5S. The quantitative estimate of drug-likeness (QED) is 0.220. The molecule has 4 heterocycles. The number of aromatic nitrogens is 3. The van der Waals surface area contributed by atoms with Gasteiger partial charge in [0.05, 0.1) is 41.5 Å². The van der Waals surface area contributed by atoms with Gasteiger partial charge in [0.15, 0.2) is 0 Å². The van der Waals surface area contributed by atoms with Gasteiger partial charge in [-0.2, -0.15) is 4.98 Å². The second kappa shape index (κ2) is 14.6. The summed E-state index contributed by atoms with van der Waals surface area (Å²) in [6, 6.07) is 19.6. The Morgan fingerprint density at radius 2 is 1.69 bits per heavy atom. The first-order valence-corrected chi connectivity index (χ1v) is 19.0. The molecule has 51 heavy (non-hydrogen) atoms. The molecule has 12 heteroatoms. The summed E-state index contributed by atoms with van der Waals surface area (Å²) < 4.78 is 42.2. The third-order valence-corrected chi connectivity index (χ3v) is 10.6. The van der Waals surface area contributed by atoms with E-state index in [4.69, 9.17) is 14.5 Å². The van der Waals surface area contributed by atoms with Gasteiger partial charge in [0.25, 0.3) is 15.9 Å². The van der Waals surface area contributed by atoms with Gasteiger partial charge in [-0.15, -0.1) is 0 Å². The van der Waals surface area contributed by atoms with Gasteiger partial charge in [-0.1, -0.05) is 51.1 Å². The highest BCUT2D eigenvalue weighted by molar-refractivity contribution is 7.92. The number of carbonyl (C=O) groups is 1. The van der Waals surface area contributed by atoms with Crippen LogP contribution in [0.1, 0.15) is 74.6 Å². The number of sulfonamides is 1. The van der Waals surface area contributed by atoms with E-state index in [-0.39, 0.29) is 58.8 Å². The molecule has 2 aromatic carbocycles. The van der Waals surface area contributed by atoms with Crippen LogP contribution in [0.4, 0.5) is 11.8 Å². The van der Waals surface area contributed by atoms with E-state index in [1.54, 1.807) is 23.1 Å². The first-order valence-electron chi connectivity index (χ1n) is 17.5. The number of nitrogens with one attached hydrogen (secondary N) is 1. The largest absolute Gasteiger partial charge is 0.475 e. The molecule has 4 bridgehead atoms. The molecule has 2 aliphatic rings. The number of anilines is 2. The Morgan fingerprint density at radius 3 is 2.37 bits per heavy atom. The van der Waals surface area contributed by atoms with Gasteiger partial charge in [0.1, 0.15) is 12.4 Å². The van der Waals surface area contributed by atoms with Crippen LogP contribution in [0.3, 0.4) is 0 Å². The number of amides is 1. The maximum atomic E-state index is 14.6. The lowest BCUT2D eigenvalue weighted by Crippen LogP contribution is -2.45. The van der Waals surface area contributed by atoms with E-state index in [9.17, 15) is 13.2 Å². The molecule has 11 nitrogen and oxygen atoms in total. The summed E-state index contributed by atoms with van der Waals surface area (Å²) >= 11 is 0. The molecule has 270 valence electrons. The summed E-state index contributed by atoms with van der Waals surface area (Å²) in [5.74, 6) is 0.583. The molecule has 2 aliphatic heterocycles. The average molecular weight is 713 g/mol. The van der Waals surface area contributed by atoms with E-state index in [1.165, 1.54) is 12.1 Å². The maximum absolute atomic E-state index is 14.6. The van der Waals surface area contributed by atoms with E-state index in [0.717, 1.165) is 28.9 Å². The monoisotopic (exact) mass is 712 g/mol. The Morgan fingerprint density at radius 1 is 0.961 bits per heavy atom. The number of hydrogen-bond donors (Lipinski definition) is 1. The summed E-state index contributed by atoms with van der Waals surface area (Å²) in [6.07, 6.45) is 1.51. The predicted molar refractivity (Wildman–Crippen MR) is 198 cm³/mol. The summed E-state index contributed by atoms with van der Waals surface area (Å²) in [5, 5.41) is 0. The first kappa shape index (κ1) is 36.2. The van der Waals surface area contributed by atoms with Crippen LogP contribution in [0.5, 0.6) is 5.88 Å². The maximum Gasteiger partial charge on any atom is 0.264 e. The second-order valence-corrected chi connectivity index (χ2v) is 16.7. The zero-order valence-corrected chi connectivity index (χ0v) is 31.3. The van der Waals surface area contributed by atoms with Crippen LogP contribution in [-0.2, 0) is 21.3 Å². The minimum Gasteiger partial charge on any atom is -0.475 e. The fourth-order valence-electron chi connectivity index (χ4n) is 7.03. The summed E-state index contributed by atoms with van der Waals surface area (Å²) in [5.41, 5.74) is 4.11. The fourth-order valence-corrected chi connectivity index (χ4v) is 8.02. The molecule has 0 saturated carbocycles. The van der Waals surface area contributed by atoms with Crippen molar-refractivity contribution in [3.63, 3.8) is 0 Å². The number of pyridine rings is 1. The smallest absolute Gasteiger partial charge is 0.264 e. The standard InChI is InChI=1S/C39H48N6O5S/c1-25(2)45(30-17-18-49-23-30)34-16-10-14-29(40-34)22-44-31(21-39(5,6)7)24-50-35-20-33(36-26(3)11-8-12-27(36)4)41-38(42-35)43-51(47,48)32-15-9-13-28(19-32)37(44)46/h8-16,19-20,25,30-31H,17-18,21-24H2,1-7H3,(H,41,42,43)/t30?,31-/m1/s1. The molecule has 4 aromatic rings. The van der Waals surface area contributed by atoms with Gasteiger partial charge >= 0.3 is 0 Å². The predicted octanol–water partition coefficient (Wildman–Crippen LogP) is 6.80. The molecule has 1 amide bonds. The number of carbonyl (C=O) groups excluding carboxylic acids is 1. The number of benzene rings is 2. The fraction of sp³-hybridized carbons (Fsp3) is 0.436. The van der Waals surface area contributed by atoms with Crippen molar-refractivity contribution >= 4 is 27.7 Å². The number of fused-ring (bicyclic) bond motifs is 4. The lowest BCUT2D eigenvalue weighted by Gasteiger charge is -2.36.